The first-order chi connectivity index (χ1) is 32.2. The third-order valence-electron chi connectivity index (χ3n) is 12.6. The van der Waals surface area contributed by atoms with Crippen LogP contribution in [0.25, 0.3) is 117 Å². The van der Waals surface area contributed by atoms with Crippen LogP contribution in [-0.2, 0) is 0 Å². The Kier molecular flexibility index (Phi) is 9.61. The summed E-state index contributed by atoms with van der Waals surface area (Å²) in [5.41, 5.74) is 16.1. The lowest BCUT2D eigenvalue weighted by Gasteiger charge is -2.19. The van der Waals surface area contributed by atoms with Crippen molar-refractivity contribution in [1.82, 2.24) is 15.0 Å². The van der Waals surface area contributed by atoms with Crippen LogP contribution < -0.4 is 0 Å². The predicted octanol–water partition coefficient (Wildman–Crippen LogP) is 16.3. The van der Waals surface area contributed by atoms with E-state index in [0.717, 1.165) is 73.4 Å². The molecule has 0 aliphatic heterocycles. The molecule has 0 saturated carbocycles. The molecule has 4 heteroatoms. The number of aromatic nitrogens is 3. The second-order valence-corrected chi connectivity index (χ2v) is 16.6. The van der Waals surface area contributed by atoms with E-state index in [4.69, 9.17) is 19.4 Å². The van der Waals surface area contributed by atoms with Crippen LogP contribution in [0.4, 0.5) is 0 Å². The molecule has 0 bridgehead atoms. The van der Waals surface area contributed by atoms with Crippen molar-refractivity contribution in [1.29, 1.82) is 0 Å². The highest BCUT2D eigenvalue weighted by Gasteiger charge is 2.22. The van der Waals surface area contributed by atoms with Crippen molar-refractivity contribution in [2.45, 2.75) is 12.8 Å². The van der Waals surface area contributed by atoms with Crippen LogP contribution in [0.3, 0.4) is 0 Å². The maximum atomic E-state index is 6.83. The van der Waals surface area contributed by atoms with E-state index < -0.39 is 0 Å². The van der Waals surface area contributed by atoms with E-state index in [9.17, 15) is 0 Å². The largest absolute Gasteiger partial charge is 0.455 e. The molecular weight excluding hydrogens is 791 g/mol. The van der Waals surface area contributed by atoms with Crippen LogP contribution in [0.2, 0.25) is 0 Å². The van der Waals surface area contributed by atoms with Crippen LogP contribution in [0, 0.1) is 0 Å². The van der Waals surface area contributed by atoms with Crippen LogP contribution in [0.1, 0.15) is 18.4 Å². The summed E-state index contributed by atoms with van der Waals surface area (Å²) >= 11 is 0. The Balaban J connectivity index is 1.01. The molecule has 2 aromatic heterocycles. The van der Waals surface area contributed by atoms with Gasteiger partial charge in [0.05, 0.1) is 0 Å². The number of allylic oxidation sites excluding steroid dienone is 4. The van der Waals surface area contributed by atoms with E-state index in [1.165, 1.54) is 44.5 Å². The summed E-state index contributed by atoms with van der Waals surface area (Å²) in [6.07, 6.45) is 8.92. The lowest BCUT2D eigenvalue weighted by Crippen LogP contribution is -2.00. The minimum absolute atomic E-state index is 0.592. The monoisotopic (exact) mass is 831 g/mol. The lowest BCUT2D eigenvalue weighted by atomic mass is 9.84. The fourth-order valence-electron chi connectivity index (χ4n) is 9.46. The van der Waals surface area contributed by atoms with Gasteiger partial charge in [-0.15, -0.1) is 0 Å². The number of rotatable bonds is 8. The number of hydrogen-bond acceptors (Lipinski definition) is 4. The van der Waals surface area contributed by atoms with Crippen molar-refractivity contribution < 1.29 is 4.42 Å². The zero-order valence-corrected chi connectivity index (χ0v) is 35.5. The van der Waals surface area contributed by atoms with Crippen LogP contribution in [-0.4, -0.2) is 15.0 Å². The Hall–Kier alpha value is -8.47. The van der Waals surface area contributed by atoms with E-state index >= 15 is 0 Å². The average Bonchev–Trinajstić information content (AvgIpc) is 3.79. The summed E-state index contributed by atoms with van der Waals surface area (Å²) in [6, 6.07) is 72.7. The van der Waals surface area contributed by atoms with Crippen LogP contribution in [0.5, 0.6) is 0 Å². The summed E-state index contributed by atoms with van der Waals surface area (Å²) in [5.74, 6) is 1.80. The molecule has 65 heavy (non-hydrogen) atoms. The van der Waals surface area contributed by atoms with Gasteiger partial charge >= 0.3 is 0 Å². The van der Waals surface area contributed by atoms with Crippen molar-refractivity contribution >= 4 is 38.3 Å². The van der Waals surface area contributed by atoms with Crippen molar-refractivity contribution in [3.8, 4) is 78.7 Å². The summed E-state index contributed by atoms with van der Waals surface area (Å²) < 4.78 is 6.83. The maximum absolute atomic E-state index is 6.83. The zero-order valence-electron chi connectivity index (χ0n) is 35.5. The smallest absolute Gasteiger partial charge is 0.164 e. The van der Waals surface area contributed by atoms with Gasteiger partial charge in [-0.05, 0) is 98.1 Å². The Bertz CT molecular complexity index is 3550. The highest BCUT2D eigenvalue weighted by molar-refractivity contribution is 6.21. The molecule has 1 aliphatic rings. The standard InChI is InChI=1S/C61H41N3O/c1-6-18-41(19-7-1)49-29-16-28-45-36-37-50-57-51(30-17-31-54(57)65-58(50)56(45)49)61-63-59(46-26-14-5-15-27-46)62-60(64-61)47-34-32-40(33-35-47)48-38-52(42-20-8-2-9-21-42)55(44-24-12-4-13-25-44)53(39-48)43-22-10-3-11-23-43/h2-6,8-39H,1,7H2. The maximum Gasteiger partial charge on any atom is 0.164 e. The molecule has 1 aliphatic carbocycles. The Morgan fingerprint density at radius 3 is 1.55 bits per heavy atom. The first-order valence-corrected chi connectivity index (χ1v) is 22.2. The number of furan rings is 1. The number of benzene rings is 9. The van der Waals surface area contributed by atoms with Gasteiger partial charge in [-0.3, -0.25) is 0 Å². The third-order valence-corrected chi connectivity index (χ3v) is 12.6. The summed E-state index contributed by atoms with van der Waals surface area (Å²) in [4.78, 5) is 15.6. The molecule has 306 valence electrons. The average molecular weight is 832 g/mol. The van der Waals surface area contributed by atoms with Gasteiger partial charge in [-0.1, -0.05) is 200 Å². The Labute approximate surface area is 377 Å². The van der Waals surface area contributed by atoms with Gasteiger partial charge in [-0.25, -0.2) is 15.0 Å². The Morgan fingerprint density at radius 2 is 0.923 bits per heavy atom. The van der Waals surface area contributed by atoms with Gasteiger partial charge < -0.3 is 4.42 Å². The summed E-state index contributed by atoms with van der Waals surface area (Å²) in [6.45, 7) is 0. The van der Waals surface area contributed by atoms with Crippen LogP contribution >= 0.6 is 0 Å². The molecule has 11 aromatic rings. The van der Waals surface area contributed by atoms with Crippen LogP contribution in [0.15, 0.2) is 229 Å². The van der Waals surface area contributed by atoms with Gasteiger partial charge in [0, 0.05) is 32.8 Å². The quantitative estimate of drug-likeness (QED) is 0.153. The highest BCUT2D eigenvalue weighted by atomic mass is 16.3. The molecule has 2 heterocycles. The fraction of sp³-hybridized carbons (Fsp3) is 0.0328. The normalized spacial score (nSPS) is 12.5. The van der Waals surface area contributed by atoms with Gasteiger partial charge in [0.15, 0.2) is 17.5 Å². The topological polar surface area (TPSA) is 51.8 Å². The molecule has 0 unspecified atom stereocenters. The van der Waals surface area contributed by atoms with E-state index in [1.807, 2.05) is 30.3 Å². The third kappa shape index (κ3) is 7.02. The zero-order chi connectivity index (χ0) is 43.1. The van der Waals surface area contributed by atoms with Crippen molar-refractivity contribution in [3.05, 3.63) is 230 Å². The minimum Gasteiger partial charge on any atom is -0.455 e. The first-order valence-electron chi connectivity index (χ1n) is 22.2. The number of fused-ring (bicyclic) bond motifs is 5. The molecule has 9 aromatic carbocycles. The highest BCUT2D eigenvalue weighted by Crippen LogP contribution is 2.45. The summed E-state index contributed by atoms with van der Waals surface area (Å²) in [5, 5.41) is 4.29. The number of nitrogens with zero attached hydrogens (tertiary/aromatic N) is 3. The molecule has 12 rings (SSSR count). The Morgan fingerprint density at radius 1 is 0.369 bits per heavy atom. The number of hydrogen-bond donors (Lipinski definition) is 0. The van der Waals surface area contributed by atoms with Crippen molar-refractivity contribution in [3.63, 3.8) is 0 Å². The second-order valence-electron chi connectivity index (χ2n) is 16.6. The first kappa shape index (κ1) is 38.2. The molecule has 0 radical (unpaired) electrons. The van der Waals surface area contributed by atoms with Gasteiger partial charge in [0.1, 0.15) is 11.2 Å². The van der Waals surface area contributed by atoms with Gasteiger partial charge in [-0.2, -0.15) is 0 Å². The SMILES string of the molecule is C1=CC(c2cccc3ccc4c(oc5cccc(-c6nc(-c7ccccc7)nc(-c7ccc(-c8cc(-c9ccccc9)c(-c9ccccc9)c(-c9ccccc9)c8)cc7)n6)c54)c23)=CCC1. The lowest BCUT2D eigenvalue weighted by molar-refractivity contribution is 0.672. The van der Waals surface area contributed by atoms with Gasteiger partial charge in [0.25, 0.3) is 0 Å². The van der Waals surface area contributed by atoms with Gasteiger partial charge in [0.2, 0.25) is 0 Å². The van der Waals surface area contributed by atoms with Crippen molar-refractivity contribution in [2.75, 3.05) is 0 Å². The predicted molar refractivity (Wildman–Crippen MR) is 269 cm³/mol. The molecule has 0 spiro atoms. The molecule has 0 atom stereocenters. The van der Waals surface area contributed by atoms with Crippen molar-refractivity contribution in [2.24, 2.45) is 0 Å². The molecule has 0 saturated heterocycles. The molecule has 0 amide bonds. The summed E-state index contributed by atoms with van der Waals surface area (Å²) in [7, 11) is 0. The van der Waals surface area contributed by atoms with E-state index in [2.05, 4.69) is 194 Å². The second kappa shape index (κ2) is 16.3. The molecular formula is C61H41N3O. The van der Waals surface area contributed by atoms with E-state index in [1.54, 1.807) is 0 Å². The fourth-order valence-corrected chi connectivity index (χ4v) is 9.46. The molecule has 4 nitrogen and oxygen atoms in total. The molecule has 0 N–H and O–H groups in total. The molecule has 0 fully saturated rings. The van der Waals surface area contributed by atoms with E-state index in [-0.39, 0.29) is 0 Å². The van der Waals surface area contributed by atoms with E-state index in [0.29, 0.717) is 17.5 Å². The minimum atomic E-state index is 0.592.